The van der Waals surface area contributed by atoms with E-state index in [2.05, 4.69) is 25.7 Å². The molecule has 0 saturated carbocycles. The van der Waals surface area contributed by atoms with E-state index < -0.39 is 18.0 Å². The Labute approximate surface area is 127 Å². The molecule has 0 fully saturated rings. The number of aliphatic hydroxyl groups excluding tert-OH is 1. The largest absolute Gasteiger partial charge is 0.461 e. The number of esters is 1. The van der Waals surface area contributed by atoms with Gasteiger partial charge in [-0.15, -0.1) is 0 Å². The molecule has 0 aliphatic heterocycles. The standard InChI is InChI=1S/C14H12BrF2NO3/c1-2-21-13(20)14(16,17)12(19)9-5-6-10(15)8-4-3-7-18-11(8)9/h3-7,12,19H,2H2,1H3. The van der Waals surface area contributed by atoms with E-state index in [0.717, 1.165) is 0 Å². The first-order valence-corrected chi connectivity index (χ1v) is 6.95. The van der Waals surface area contributed by atoms with Crippen molar-refractivity contribution < 1.29 is 23.4 Å². The quantitative estimate of drug-likeness (QED) is 0.851. The first-order valence-electron chi connectivity index (χ1n) is 6.15. The molecule has 0 saturated heterocycles. The number of carbonyl (C=O) groups is 1. The number of hydrogen-bond acceptors (Lipinski definition) is 4. The van der Waals surface area contributed by atoms with Gasteiger partial charge in [0.2, 0.25) is 0 Å². The number of benzene rings is 1. The van der Waals surface area contributed by atoms with Crippen LogP contribution in [0.1, 0.15) is 18.6 Å². The fourth-order valence-electron chi connectivity index (χ4n) is 1.91. The van der Waals surface area contributed by atoms with Crippen LogP contribution >= 0.6 is 15.9 Å². The van der Waals surface area contributed by atoms with Crippen LogP contribution in [-0.2, 0) is 9.53 Å². The molecule has 1 aromatic heterocycles. The molecule has 0 radical (unpaired) electrons. The summed E-state index contributed by atoms with van der Waals surface area (Å²) in [4.78, 5) is 15.3. The predicted octanol–water partition coefficient (Wildman–Crippen LogP) is 3.23. The van der Waals surface area contributed by atoms with Crippen molar-refractivity contribution in [3.63, 3.8) is 0 Å². The molecule has 0 amide bonds. The van der Waals surface area contributed by atoms with Crippen molar-refractivity contribution in [1.29, 1.82) is 0 Å². The first kappa shape index (κ1) is 15.8. The van der Waals surface area contributed by atoms with E-state index in [1.54, 1.807) is 12.1 Å². The molecule has 1 aromatic carbocycles. The van der Waals surface area contributed by atoms with Gasteiger partial charge in [-0.25, -0.2) is 4.79 Å². The van der Waals surface area contributed by atoms with Crippen LogP contribution in [0, 0.1) is 0 Å². The van der Waals surface area contributed by atoms with E-state index >= 15 is 0 Å². The Kier molecular flexibility index (Phi) is 4.53. The Morgan fingerprint density at radius 2 is 2.19 bits per heavy atom. The van der Waals surface area contributed by atoms with Crippen LogP contribution in [0.4, 0.5) is 8.78 Å². The highest BCUT2D eigenvalue weighted by atomic mass is 79.9. The highest BCUT2D eigenvalue weighted by Gasteiger charge is 2.49. The normalized spacial score (nSPS) is 13.2. The Morgan fingerprint density at radius 3 is 2.86 bits per heavy atom. The van der Waals surface area contributed by atoms with E-state index in [9.17, 15) is 18.7 Å². The zero-order chi connectivity index (χ0) is 15.6. The second kappa shape index (κ2) is 6.03. The predicted molar refractivity (Wildman–Crippen MR) is 76.0 cm³/mol. The molecule has 0 spiro atoms. The molecular formula is C14H12BrF2NO3. The number of hydrogen-bond donors (Lipinski definition) is 1. The van der Waals surface area contributed by atoms with Gasteiger partial charge in [-0.1, -0.05) is 28.1 Å². The highest BCUT2D eigenvalue weighted by Crippen LogP contribution is 2.37. The average molecular weight is 360 g/mol. The SMILES string of the molecule is CCOC(=O)C(F)(F)C(O)c1ccc(Br)c2cccnc12. The number of ether oxygens (including phenoxy) is 1. The molecule has 112 valence electrons. The van der Waals surface area contributed by atoms with Crippen molar-refractivity contribution in [2.75, 3.05) is 6.61 Å². The first-order chi connectivity index (χ1) is 9.89. The topological polar surface area (TPSA) is 59.4 Å². The van der Waals surface area contributed by atoms with Crippen molar-refractivity contribution in [3.05, 3.63) is 40.5 Å². The summed E-state index contributed by atoms with van der Waals surface area (Å²) in [5.74, 6) is -5.81. The maximum Gasteiger partial charge on any atom is 0.380 e. The smallest absolute Gasteiger partial charge is 0.380 e. The number of rotatable bonds is 4. The van der Waals surface area contributed by atoms with Gasteiger partial charge in [-0.3, -0.25) is 4.98 Å². The Hall–Kier alpha value is -1.60. The Morgan fingerprint density at radius 1 is 1.48 bits per heavy atom. The van der Waals surface area contributed by atoms with E-state index in [0.29, 0.717) is 9.86 Å². The molecule has 1 N–H and O–H groups in total. The molecule has 1 unspecified atom stereocenters. The molecule has 4 nitrogen and oxygen atoms in total. The van der Waals surface area contributed by atoms with Gasteiger partial charge in [0.25, 0.3) is 0 Å². The number of halogens is 3. The van der Waals surface area contributed by atoms with E-state index in [1.807, 2.05) is 0 Å². The van der Waals surface area contributed by atoms with Crippen molar-refractivity contribution in [1.82, 2.24) is 4.98 Å². The molecule has 21 heavy (non-hydrogen) atoms. The number of aliphatic hydroxyl groups is 1. The minimum absolute atomic E-state index is 0.133. The minimum atomic E-state index is -4.05. The van der Waals surface area contributed by atoms with Gasteiger partial charge in [-0.2, -0.15) is 8.78 Å². The monoisotopic (exact) mass is 359 g/mol. The molecule has 0 aliphatic carbocycles. The van der Waals surface area contributed by atoms with Gasteiger partial charge in [0.05, 0.1) is 12.1 Å². The number of carbonyl (C=O) groups excluding carboxylic acids is 1. The molecule has 1 atom stereocenters. The third kappa shape index (κ3) is 2.89. The lowest BCUT2D eigenvalue weighted by molar-refractivity contribution is -0.189. The summed E-state index contributed by atoms with van der Waals surface area (Å²) in [7, 11) is 0. The number of aromatic nitrogens is 1. The second-order valence-electron chi connectivity index (χ2n) is 4.28. The molecule has 7 heteroatoms. The Bertz CT molecular complexity index is 678. The second-order valence-corrected chi connectivity index (χ2v) is 5.14. The van der Waals surface area contributed by atoms with E-state index in [1.165, 1.54) is 25.3 Å². The van der Waals surface area contributed by atoms with Crippen molar-refractivity contribution in [3.8, 4) is 0 Å². The van der Waals surface area contributed by atoms with Crippen LogP contribution < -0.4 is 0 Å². The molecule has 2 rings (SSSR count). The number of nitrogens with zero attached hydrogens (tertiary/aromatic N) is 1. The van der Waals surface area contributed by atoms with Gasteiger partial charge >= 0.3 is 11.9 Å². The summed E-state index contributed by atoms with van der Waals surface area (Å²) in [6.07, 6.45) is -0.907. The summed E-state index contributed by atoms with van der Waals surface area (Å²) in [5.41, 5.74) is 0.0650. The van der Waals surface area contributed by atoms with E-state index in [-0.39, 0.29) is 17.7 Å². The van der Waals surface area contributed by atoms with E-state index in [4.69, 9.17) is 0 Å². The molecule has 0 bridgehead atoms. The van der Waals surface area contributed by atoms with Crippen LogP contribution in [0.3, 0.4) is 0 Å². The molecule has 1 heterocycles. The van der Waals surface area contributed by atoms with Gasteiger partial charge in [0.1, 0.15) is 0 Å². The fraction of sp³-hybridized carbons (Fsp3) is 0.286. The summed E-state index contributed by atoms with van der Waals surface area (Å²) in [5, 5.41) is 10.5. The number of pyridine rings is 1. The van der Waals surface area contributed by atoms with Gasteiger partial charge in [0, 0.05) is 21.6 Å². The van der Waals surface area contributed by atoms with Crippen LogP contribution in [0.25, 0.3) is 10.9 Å². The van der Waals surface area contributed by atoms with Crippen molar-refractivity contribution in [2.45, 2.75) is 19.0 Å². The summed E-state index contributed by atoms with van der Waals surface area (Å²) in [6, 6.07) is 6.14. The Balaban J connectivity index is 2.51. The summed E-state index contributed by atoms with van der Waals surface area (Å²) >= 11 is 3.28. The van der Waals surface area contributed by atoms with Gasteiger partial charge in [-0.05, 0) is 19.1 Å². The third-order valence-corrected chi connectivity index (χ3v) is 3.62. The zero-order valence-electron chi connectivity index (χ0n) is 11.0. The van der Waals surface area contributed by atoms with Crippen LogP contribution in [0.2, 0.25) is 0 Å². The van der Waals surface area contributed by atoms with Crippen molar-refractivity contribution in [2.24, 2.45) is 0 Å². The van der Waals surface area contributed by atoms with Crippen LogP contribution in [0.15, 0.2) is 34.9 Å². The molecular weight excluding hydrogens is 348 g/mol. The third-order valence-electron chi connectivity index (χ3n) is 2.93. The molecule has 0 aliphatic rings. The van der Waals surface area contributed by atoms with Crippen LogP contribution in [-0.4, -0.2) is 28.6 Å². The fourth-order valence-corrected chi connectivity index (χ4v) is 2.37. The summed E-state index contributed by atoms with van der Waals surface area (Å²) < 4.78 is 32.9. The van der Waals surface area contributed by atoms with Gasteiger partial charge in [0.15, 0.2) is 6.10 Å². The zero-order valence-corrected chi connectivity index (χ0v) is 12.6. The lowest BCUT2D eigenvalue weighted by Gasteiger charge is -2.21. The maximum absolute atomic E-state index is 13.9. The number of fused-ring (bicyclic) bond motifs is 1. The average Bonchev–Trinajstić information content (AvgIpc) is 2.47. The maximum atomic E-state index is 13.9. The highest BCUT2D eigenvalue weighted by molar-refractivity contribution is 9.10. The summed E-state index contributed by atoms with van der Waals surface area (Å²) in [6.45, 7) is 1.22. The lowest BCUT2D eigenvalue weighted by Crippen LogP contribution is -2.37. The van der Waals surface area contributed by atoms with Crippen molar-refractivity contribution >= 4 is 32.8 Å². The minimum Gasteiger partial charge on any atom is -0.461 e. The van der Waals surface area contributed by atoms with Gasteiger partial charge < -0.3 is 9.84 Å². The lowest BCUT2D eigenvalue weighted by atomic mass is 10.00. The molecule has 2 aromatic rings. The number of alkyl halides is 2. The van der Waals surface area contributed by atoms with Crippen LogP contribution in [0.5, 0.6) is 0 Å².